The predicted molar refractivity (Wildman–Crippen MR) is 152 cm³/mol. The number of anilines is 2. The Morgan fingerprint density at radius 3 is 2.23 bits per heavy atom. The molecule has 0 aromatic heterocycles. The lowest BCUT2D eigenvalue weighted by Gasteiger charge is -2.26. The van der Waals surface area contributed by atoms with Crippen molar-refractivity contribution < 1.29 is 23.9 Å². The summed E-state index contributed by atoms with van der Waals surface area (Å²) in [6, 6.07) is 11.1. The predicted octanol–water partition coefficient (Wildman–Crippen LogP) is 6.95. The van der Waals surface area contributed by atoms with Gasteiger partial charge in [-0.2, -0.15) is 0 Å². The van der Waals surface area contributed by atoms with Crippen LogP contribution in [0.1, 0.15) is 11.1 Å². The van der Waals surface area contributed by atoms with Crippen LogP contribution >= 0.6 is 58.0 Å². The lowest BCUT2D eigenvalue weighted by Crippen LogP contribution is -2.54. The van der Waals surface area contributed by atoms with Crippen molar-refractivity contribution >= 4 is 99.2 Å². The number of carbonyl (C=O) groups is 4. The highest BCUT2D eigenvalue weighted by atomic mass is 35.5. The highest BCUT2D eigenvalue weighted by Gasteiger charge is 2.37. The Labute approximate surface area is 247 Å². The average Bonchev–Trinajstić information content (AvgIpc) is 2.85. The summed E-state index contributed by atoms with van der Waals surface area (Å²) in [5.41, 5.74) is 1.27. The number of rotatable bonds is 6. The molecule has 1 aliphatic rings. The molecular weight excluding hydrogens is 612 g/mol. The molecule has 0 saturated carbocycles. The Bertz CT molecular complexity index is 1550. The van der Waals surface area contributed by atoms with Crippen LogP contribution < -0.4 is 20.3 Å². The van der Waals surface area contributed by atoms with Gasteiger partial charge in [-0.1, -0.05) is 64.1 Å². The zero-order valence-electron chi connectivity index (χ0n) is 19.8. The lowest BCUT2D eigenvalue weighted by atomic mass is 10.1. The second-order valence-corrected chi connectivity index (χ2v) is 10.2. The SMILES string of the molecule is Cc1ccc(N2C(=O)NC(=O)/C(=C\c3cc(Cl)c(OCC(=O)Nc4ccc(Cl)c(Cl)c4)c(Cl)c3)C2=O)cc1Cl. The molecule has 0 radical (unpaired) electrons. The smallest absolute Gasteiger partial charge is 0.335 e. The second-order valence-electron chi connectivity index (χ2n) is 8.17. The molecule has 4 rings (SSSR count). The van der Waals surface area contributed by atoms with Gasteiger partial charge in [0.05, 0.1) is 25.8 Å². The molecule has 0 unspecified atom stereocenters. The number of barbiturate groups is 1. The van der Waals surface area contributed by atoms with E-state index in [1.807, 2.05) is 0 Å². The van der Waals surface area contributed by atoms with Gasteiger partial charge in [-0.15, -0.1) is 0 Å². The average molecular weight is 628 g/mol. The summed E-state index contributed by atoms with van der Waals surface area (Å²) < 4.78 is 5.49. The van der Waals surface area contributed by atoms with Gasteiger partial charge in [0.2, 0.25) is 0 Å². The third-order valence-corrected chi connectivity index (χ3v) is 7.11. The van der Waals surface area contributed by atoms with E-state index in [0.29, 0.717) is 15.7 Å². The van der Waals surface area contributed by atoms with Crippen molar-refractivity contribution in [1.82, 2.24) is 5.32 Å². The summed E-state index contributed by atoms with van der Waals surface area (Å²) >= 11 is 30.6. The molecule has 39 heavy (non-hydrogen) atoms. The minimum absolute atomic E-state index is 0.00953. The molecule has 5 amide bonds. The van der Waals surface area contributed by atoms with Gasteiger partial charge < -0.3 is 10.1 Å². The first-order valence-electron chi connectivity index (χ1n) is 11.0. The van der Waals surface area contributed by atoms with E-state index < -0.39 is 30.4 Å². The van der Waals surface area contributed by atoms with E-state index in [1.165, 1.54) is 42.5 Å². The van der Waals surface area contributed by atoms with Crippen LogP contribution in [0.3, 0.4) is 0 Å². The molecule has 8 nitrogen and oxygen atoms in total. The number of ether oxygens (including phenoxy) is 1. The van der Waals surface area contributed by atoms with Crippen molar-refractivity contribution in [3.63, 3.8) is 0 Å². The summed E-state index contributed by atoms with van der Waals surface area (Å²) in [6.07, 6.45) is 1.23. The largest absolute Gasteiger partial charge is 0.481 e. The molecule has 1 heterocycles. The standard InChI is InChI=1S/C26H16Cl5N3O5/c1-12-2-4-15(10-18(12)28)34-25(37)16(24(36)33-26(34)38)6-13-7-20(30)23(21(31)8-13)39-11-22(35)32-14-3-5-17(27)19(29)9-14/h2-10H,11H2,1H3,(H,32,35)(H,33,36,38)/b16-6+. The van der Waals surface area contributed by atoms with Gasteiger partial charge in [-0.25, -0.2) is 9.69 Å². The van der Waals surface area contributed by atoms with Crippen LogP contribution in [0.4, 0.5) is 16.2 Å². The first-order valence-corrected chi connectivity index (χ1v) is 12.9. The number of amides is 5. The molecule has 1 aliphatic heterocycles. The van der Waals surface area contributed by atoms with Gasteiger partial charge in [-0.05, 0) is 66.6 Å². The fourth-order valence-electron chi connectivity index (χ4n) is 3.49. The van der Waals surface area contributed by atoms with Crippen LogP contribution in [0.15, 0.2) is 54.1 Å². The van der Waals surface area contributed by atoms with Crippen molar-refractivity contribution in [3.05, 3.63) is 90.3 Å². The molecule has 1 saturated heterocycles. The molecule has 0 atom stereocenters. The molecule has 2 N–H and O–H groups in total. The third kappa shape index (κ3) is 6.49. The fraction of sp³-hybridized carbons (Fsp3) is 0.0769. The Hall–Kier alpha value is -3.27. The van der Waals surface area contributed by atoms with Gasteiger partial charge in [0.15, 0.2) is 12.4 Å². The number of benzene rings is 3. The Morgan fingerprint density at radius 2 is 1.59 bits per heavy atom. The molecule has 1 fully saturated rings. The topological polar surface area (TPSA) is 105 Å². The molecule has 0 spiro atoms. The molecule has 0 aliphatic carbocycles. The van der Waals surface area contributed by atoms with E-state index in [-0.39, 0.29) is 37.6 Å². The zero-order valence-corrected chi connectivity index (χ0v) is 23.6. The maximum atomic E-state index is 13.1. The minimum atomic E-state index is -0.916. The van der Waals surface area contributed by atoms with Gasteiger partial charge in [0, 0.05) is 10.7 Å². The van der Waals surface area contributed by atoms with E-state index >= 15 is 0 Å². The molecular formula is C26H16Cl5N3O5. The first-order chi connectivity index (χ1) is 18.4. The van der Waals surface area contributed by atoms with Crippen LogP contribution in [-0.4, -0.2) is 30.4 Å². The number of carbonyl (C=O) groups excluding carboxylic acids is 4. The fourth-order valence-corrected chi connectivity index (χ4v) is 4.57. The van der Waals surface area contributed by atoms with Crippen LogP contribution in [0.2, 0.25) is 25.1 Å². The molecule has 200 valence electrons. The quantitative estimate of drug-likeness (QED) is 0.228. The normalized spacial score (nSPS) is 14.5. The van der Waals surface area contributed by atoms with Crippen molar-refractivity contribution in [3.8, 4) is 5.75 Å². The first kappa shape index (κ1) is 28.7. The Kier molecular flexibility index (Phi) is 8.73. The highest BCUT2D eigenvalue weighted by Crippen LogP contribution is 2.35. The van der Waals surface area contributed by atoms with Crippen molar-refractivity contribution in [2.45, 2.75) is 6.92 Å². The number of imide groups is 2. The summed E-state index contributed by atoms with van der Waals surface area (Å²) in [4.78, 5) is 51.2. The second kappa shape index (κ2) is 11.9. The van der Waals surface area contributed by atoms with E-state index in [0.717, 1.165) is 10.5 Å². The highest BCUT2D eigenvalue weighted by molar-refractivity contribution is 6.42. The summed E-state index contributed by atoms with van der Waals surface area (Å²) in [5.74, 6) is -2.27. The molecule has 0 bridgehead atoms. The summed E-state index contributed by atoms with van der Waals surface area (Å²) in [5, 5.41) is 5.70. The van der Waals surface area contributed by atoms with Crippen LogP contribution in [0.25, 0.3) is 6.08 Å². The number of aryl methyl sites for hydroxylation is 1. The maximum absolute atomic E-state index is 13.1. The van der Waals surface area contributed by atoms with Crippen molar-refractivity contribution in [2.75, 3.05) is 16.8 Å². The van der Waals surface area contributed by atoms with Crippen molar-refractivity contribution in [2.24, 2.45) is 0 Å². The number of nitrogens with zero attached hydrogens (tertiary/aromatic N) is 1. The lowest BCUT2D eigenvalue weighted by molar-refractivity contribution is -0.122. The van der Waals surface area contributed by atoms with Crippen LogP contribution in [0, 0.1) is 6.92 Å². The molecule has 3 aromatic rings. The van der Waals surface area contributed by atoms with E-state index in [9.17, 15) is 19.2 Å². The van der Waals surface area contributed by atoms with E-state index in [2.05, 4.69) is 10.6 Å². The maximum Gasteiger partial charge on any atom is 0.335 e. The monoisotopic (exact) mass is 625 g/mol. The van der Waals surface area contributed by atoms with Crippen LogP contribution in [0.5, 0.6) is 5.75 Å². The van der Waals surface area contributed by atoms with Gasteiger partial charge in [0.1, 0.15) is 5.57 Å². The minimum Gasteiger partial charge on any atom is -0.481 e. The van der Waals surface area contributed by atoms with Gasteiger partial charge in [-0.3, -0.25) is 19.7 Å². The number of urea groups is 1. The Morgan fingerprint density at radius 1 is 0.897 bits per heavy atom. The number of hydrogen-bond donors (Lipinski definition) is 2. The molecule has 3 aromatic carbocycles. The van der Waals surface area contributed by atoms with Gasteiger partial charge >= 0.3 is 6.03 Å². The summed E-state index contributed by atoms with van der Waals surface area (Å²) in [7, 11) is 0. The number of halogens is 5. The third-order valence-electron chi connectivity index (χ3n) is 5.40. The van der Waals surface area contributed by atoms with E-state index in [1.54, 1.807) is 19.1 Å². The van der Waals surface area contributed by atoms with Crippen molar-refractivity contribution in [1.29, 1.82) is 0 Å². The van der Waals surface area contributed by atoms with Crippen LogP contribution in [-0.2, 0) is 14.4 Å². The zero-order chi connectivity index (χ0) is 28.4. The Balaban J connectivity index is 1.52. The van der Waals surface area contributed by atoms with E-state index in [4.69, 9.17) is 62.7 Å². The molecule has 13 heteroatoms. The van der Waals surface area contributed by atoms with Gasteiger partial charge in [0.25, 0.3) is 17.7 Å². The number of hydrogen-bond acceptors (Lipinski definition) is 5. The number of nitrogens with one attached hydrogen (secondary N) is 2. The summed E-state index contributed by atoms with van der Waals surface area (Å²) in [6.45, 7) is 1.33.